The van der Waals surface area contributed by atoms with Crippen LogP contribution in [0.3, 0.4) is 0 Å². The molecule has 0 fully saturated rings. The molecule has 0 saturated heterocycles. The number of nitrogens with zero attached hydrogens (tertiary/aromatic N) is 1. The van der Waals surface area contributed by atoms with Crippen LogP contribution in [0, 0.1) is 0 Å². The van der Waals surface area contributed by atoms with Crippen LogP contribution in [0.1, 0.15) is 18.1 Å². The summed E-state index contributed by atoms with van der Waals surface area (Å²) in [7, 11) is 1.32. The van der Waals surface area contributed by atoms with E-state index in [1.807, 2.05) is 54.6 Å². The summed E-state index contributed by atoms with van der Waals surface area (Å²) in [5, 5.41) is 0. The third-order valence-electron chi connectivity index (χ3n) is 4.90. The fourth-order valence-corrected chi connectivity index (χ4v) is 3.40. The van der Waals surface area contributed by atoms with Crippen LogP contribution in [0.2, 0.25) is 0 Å². The molecule has 0 aromatic heterocycles. The summed E-state index contributed by atoms with van der Waals surface area (Å²) >= 11 is 0. The molecule has 3 rings (SSSR count). The van der Waals surface area contributed by atoms with Crippen LogP contribution in [0.15, 0.2) is 84.1 Å². The summed E-state index contributed by atoms with van der Waals surface area (Å²) in [4.78, 5) is 27.3. The second-order valence-corrected chi connectivity index (χ2v) is 6.87. The molecular weight excluding hydrogens is 378 g/mol. The molecule has 0 aliphatic carbocycles. The molecule has 0 unspecified atom stereocenters. The van der Waals surface area contributed by atoms with Crippen LogP contribution in [0.25, 0.3) is 6.08 Å². The van der Waals surface area contributed by atoms with E-state index in [-0.39, 0.29) is 5.91 Å². The first-order valence-electron chi connectivity index (χ1n) is 9.76. The fourth-order valence-electron chi connectivity index (χ4n) is 3.40. The lowest BCUT2D eigenvalue weighted by molar-refractivity contribution is -0.136. The van der Waals surface area contributed by atoms with Crippen molar-refractivity contribution in [3.8, 4) is 5.75 Å². The van der Waals surface area contributed by atoms with Crippen LogP contribution in [-0.4, -0.2) is 37.0 Å². The second-order valence-electron chi connectivity index (χ2n) is 6.87. The van der Waals surface area contributed by atoms with Gasteiger partial charge in [0.2, 0.25) is 0 Å². The number of amides is 1. The number of hydrogen-bond acceptors (Lipinski definition) is 4. The van der Waals surface area contributed by atoms with Crippen LogP contribution >= 0.6 is 0 Å². The van der Waals surface area contributed by atoms with Crippen molar-refractivity contribution in [1.82, 2.24) is 4.90 Å². The maximum atomic E-state index is 13.2. The number of benzene rings is 2. The number of hydrogen-bond donors (Lipinski definition) is 0. The molecule has 1 aliphatic heterocycles. The maximum absolute atomic E-state index is 13.2. The quantitative estimate of drug-likeness (QED) is 0.377. The van der Waals surface area contributed by atoms with Crippen molar-refractivity contribution in [3.63, 3.8) is 0 Å². The van der Waals surface area contributed by atoms with Gasteiger partial charge in [-0.15, -0.1) is 0 Å². The van der Waals surface area contributed by atoms with Crippen molar-refractivity contribution >= 4 is 18.0 Å². The van der Waals surface area contributed by atoms with E-state index in [2.05, 4.69) is 6.58 Å². The molecule has 0 spiro atoms. The lowest BCUT2D eigenvalue weighted by Crippen LogP contribution is -2.27. The van der Waals surface area contributed by atoms with Crippen molar-refractivity contribution < 1.29 is 19.1 Å². The van der Waals surface area contributed by atoms with Gasteiger partial charge in [0.1, 0.15) is 12.4 Å². The highest BCUT2D eigenvalue weighted by atomic mass is 16.5. The van der Waals surface area contributed by atoms with Gasteiger partial charge in [-0.1, -0.05) is 55.1 Å². The number of ether oxygens (including phenoxy) is 2. The summed E-state index contributed by atoms with van der Waals surface area (Å²) in [5.41, 5.74) is 3.12. The molecule has 30 heavy (non-hydrogen) atoms. The van der Waals surface area contributed by atoms with Crippen molar-refractivity contribution in [1.29, 1.82) is 0 Å². The minimum Gasteiger partial charge on any atom is -0.490 e. The molecule has 0 saturated carbocycles. The summed E-state index contributed by atoms with van der Waals surface area (Å²) in [6, 6.07) is 17.3. The Labute approximate surface area is 176 Å². The third-order valence-corrected chi connectivity index (χ3v) is 4.90. The average molecular weight is 403 g/mol. The molecule has 5 nitrogen and oxygen atoms in total. The van der Waals surface area contributed by atoms with Gasteiger partial charge in [0.05, 0.1) is 18.3 Å². The summed E-state index contributed by atoms with van der Waals surface area (Å²) in [5.74, 6) is -0.0643. The summed E-state index contributed by atoms with van der Waals surface area (Å²) < 4.78 is 10.5. The van der Waals surface area contributed by atoms with E-state index < -0.39 is 5.97 Å². The highest BCUT2D eigenvalue weighted by Gasteiger charge is 2.36. The highest BCUT2D eigenvalue weighted by molar-refractivity contribution is 6.16. The minimum atomic E-state index is -0.520. The minimum absolute atomic E-state index is 0.207. The first-order chi connectivity index (χ1) is 14.5. The lowest BCUT2D eigenvalue weighted by Gasteiger charge is -2.17. The molecule has 5 heteroatoms. The monoisotopic (exact) mass is 403 g/mol. The molecule has 0 atom stereocenters. The Morgan fingerprint density at radius 3 is 2.60 bits per heavy atom. The van der Waals surface area contributed by atoms with Gasteiger partial charge in [-0.2, -0.15) is 0 Å². The summed E-state index contributed by atoms with van der Waals surface area (Å²) in [6.45, 7) is 6.29. The number of rotatable bonds is 8. The Hall–Kier alpha value is -3.60. The van der Waals surface area contributed by atoms with Gasteiger partial charge in [0.15, 0.2) is 0 Å². The first-order valence-corrected chi connectivity index (χ1v) is 9.76. The van der Waals surface area contributed by atoms with Gasteiger partial charge in [0.25, 0.3) is 5.91 Å². The van der Waals surface area contributed by atoms with Gasteiger partial charge in [-0.3, -0.25) is 4.79 Å². The largest absolute Gasteiger partial charge is 0.490 e. The van der Waals surface area contributed by atoms with Gasteiger partial charge in [0, 0.05) is 12.2 Å². The molecule has 1 aliphatic rings. The van der Waals surface area contributed by atoms with E-state index >= 15 is 0 Å². The van der Waals surface area contributed by atoms with E-state index in [4.69, 9.17) is 9.47 Å². The number of esters is 1. The van der Waals surface area contributed by atoms with Crippen molar-refractivity contribution in [2.24, 2.45) is 0 Å². The molecule has 154 valence electrons. The number of allylic oxidation sites excluding steroid dienone is 1. The Morgan fingerprint density at radius 1 is 1.13 bits per heavy atom. The molecular formula is C25H25NO4. The molecule has 1 heterocycles. The second kappa shape index (κ2) is 9.74. The van der Waals surface area contributed by atoms with Gasteiger partial charge < -0.3 is 14.4 Å². The molecule has 0 bridgehead atoms. The van der Waals surface area contributed by atoms with E-state index in [9.17, 15) is 9.59 Å². The third kappa shape index (κ3) is 4.69. The molecule has 0 N–H and O–H groups in total. The van der Waals surface area contributed by atoms with Crippen LogP contribution < -0.4 is 4.74 Å². The molecule has 1 amide bonds. The zero-order valence-corrected chi connectivity index (χ0v) is 17.3. The van der Waals surface area contributed by atoms with Crippen LogP contribution in [0.5, 0.6) is 5.75 Å². The van der Waals surface area contributed by atoms with Gasteiger partial charge in [-0.05, 0) is 42.7 Å². The van der Waals surface area contributed by atoms with E-state index in [1.165, 1.54) is 7.11 Å². The zero-order valence-electron chi connectivity index (χ0n) is 17.3. The molecule has 2 aromatic rings. The average Bonchev–Trinajstić information content (AvgIpc) is 3.00. The fraction of sp³-hybridized carbons (Fsp3) is 0.200. The van der Waals surface area contributed by atoms with Crippen molar-refractivity contribution in [2.45, 2.75) is 13.3 Å². The normalized spacial score (nSPS) is 14.9. The van der Waals surface area contributed by atoms with Crippen LogP contribution in [-0.2, 0) is 20.7 Å². The Morgan fingerprint density at radius 2 is 1.90 bits per heavy atom. The number of carbonyl (C=O) groups is 2. The van der Waals surface area contributed by atoms with E-state index in [1.54, 1.807) is 24.0 Å². The van der Waals surface area contributed by atoms with Crippen molar-refractivity contribution in [2.75, 3.05) is 20.3 Å². The Kier molecular flexibility index (Phi) is 6.86. The summed E-state index contributed by atoms with van der Waals surface area (Å²) in [6.07, 6.45) is 4.07. The Bertz CT molecular complexity index is 1000. The molecule has 0 radical (unpaired) electrons. The topological polar surface area (TPSA) is 55.8 Å². The number of carbonyl (C=O) groups excluding carboxylic acids is 2. The maximum Gasteiger partial charge on any atom is 0.340 e. The number of methoxy groups -OCH3 is 1. The lowest BCUT2D eigenvalue weighted by atomic mass is 10.0. The molecule has 2 aromatic carbocycles. The zero-order chi connectivity index (χ0) is 21.5. The highest BCUT2D eigenvalue weighted by Crippen LogP contribution is 2.32. The Balaban J connectivity index is 1.91. The van der Waals surface area contributed by atoms with Gasteiger partial charge >= 0.3 is 5.97 Å². The predicted octanol–water partition coefficient (Wildman–Crippen LogP) is 4.17. The van der Waals surface area contributed by atoms with Crippen LogP contribution in [0.4, 0.5) is 0 Å². The van der Waals surface area contributed by atoms with Gasteiger partial charge in [-0.25, -0.2) is 4.79 Å². The smallest absolute Gasteiger partial charge is 0.340 e. The van der Waals surface area contributed by atoms with E-state index in [0.717, 1.165) is 11.1 Å². The predicted molar refractivity (Wildman–Crippen MR) is 117 cm³/mol. The standard InChI is InChI=1S/C25H25NO4/c1-4-15-30-21-12-8-11-20(16-21)17-22-23(25(28)29-3)18(2)26(24(22)27)14-13-19-9-6-5-7-10-19/h4-12,16-17H,1,13-15H2,2-3H3/b22-17-. The van der Waals surface area contributed by atoms with Crippen molar-refractivity contribution in [3.05, 3.63) is 95.2 Å². The SMILES string of the molecule is C=CCOc1cccc(/C=C2\C(=O)N(CCc3ccccc3)C(C)=C2C(=O)OC)c1. The van der Waals surface area contributed by atoms with E-state index in [0.29, 0.717) is 42.2 Å². The first kappa shape index (κ1) is 21.1.